The van der Waals surface area contributed by atoms with Gasteiger partial charge in [0, 0.05) is 10.6 Å². The lowest BCUT2D eigenvalue weighted by atomic mass is 10.1. The molecule has 100 valence electrons. The highest BCUT2D eigenvalue weighted by Crippen LogP contribution is 2.19. The third-order valence-corrected chi connectivity index (χ3v) is 4.46. The minimum atomic E-state index is -1.03. The van der Waals surface area contributed by atoms with Crippen LogP contribution in [0.5, 0.6) is 0 Å². The van der Waals surface area contributed by atoms with E-state index in [0.29, 0.717) is 5.75 Å². The molecule has 1 unspecified atom stereocenters. The predicted octanol–water partition coefficient (Wildman–Crippen LogP) is 3.50. The Morgan fingerprint density at radius 1 is 1.00 bits per heavy atom. The molecule has 2 nitrogen and oxygen atoms in total. The van der Waals surface area contributed by atoms with E-state index in [1.807, 2.05) is 25.1 Å². The molecule has 2 N–H and O–H groups in total. The molecule has 0 radical (unpaired) electrons. The Morgan fingerprint density at radius 3 is 2.21 bits per heavy atom. The molecular formula is C16H19NOS. The van der Waals surface area contributed by atoms with Crippen molar-refractivity contribution in [3.63, 3.8) is 0 Å². The summed E-state index contributed by atoms with van der Waals surface area (Å²) in [5.41, 5.74) is 11.0. The van der Waals surface area contributed by atoms with Gasteiger partial charge >= 0.3 is 0 Å². The molecule has 0 aliphatic carbocycles. The molecule has 3 heteroatoms. The SMILES string of the molecule is Cc1cc(C)cc(CS(=O)c2ccc(N)c(C)c2)c1. The monoisotopic (exact) mass is 273 g/mol. The molecule has 0 spiro atoms. The second-order valence-electron chi connectivity index (χ2n) is 5.00. The van der Waals surface area contributed by atoms with Gasteiger partial charge in [-0.25, -0.2) is 0 Å². The van der Waals surface area contributed by atoms with Crippen molar-refractivity contribution in [1.29, 1.82) is 0 Å². The van der Waals surface area contributed by atoms with Crippen LogP contribution in [0.25, 0.3) is 0 Å². The molecule has 2 rings (SSSR count). The zero-order valence-corrected chi connectivity index (χ0v) is 12.4. The van der Waals surface area contributed by atoms with Gasteiger partial charge in [0.2, 0.25) is 0 Å². The van der Waals surface area contributed by atoms with Gasteiger partial charge in [0.25, 0.3) is 0 Å². The second-order valence-corrected chi connectivity index (χ2v) is 6.46. The number of aryl methyl sites for hydroxylation is 3. The molecular weight excluding hydrogens is 254 g/mol. The summed E-state index contributed by atoms with van der Waals surface area (Å²) in [5.74, 6) is 0.547. The number of rotatable bonds is 3. The fourth-order valence-corrected chi connectivity index (χ4v) is 3.34. The summed E-state index contributed by atoms with van der Waals surface area (Å²) in [4.78, 5) is 0.839. The van der Waals surface area contributed by atoms with Gasteiger partial charge in [0.15, 0.2) is 0 Å². The van der Waals surface area contributed by atoms with Gasteiger partial charge in [-0.2, -0.15) is 0 Å². The van der Waals surface area contributed by atoms with E-state index in [-0.39, 0.29) is 0 Å². The molecule has 0 aliphatic heterocycles. The summed E-state index contributed by atoms with van der Waals surface area (Å²) in [6, 6.07) is 11.9. The highest BCUT2D eigenvalue weighted by Gasteiger charge is 2.07. The number of nitrogen functional groups attached to an aromatic ring is 1. The minimum Gasteiger partial charge on any atom is -0.399 e. The smallest absolute Gasteiger partial charge is 0.0574 e. The third-order valence-electron chi connectivity index (χ3n) is 3.08. The summed E-state index contributed by atoms with van der Waals surface area (Å²) in [6.07, 6.45) is 0. The highest BCUT2D eigenvalue weighted by atomic mass is 32.2. The maximum absolute atomic E-state index is 12.4. The topological polar surface area (TPSA) is 43.1 Å². The molecule has 0 heterocycles. The maximum atomic E-state index is 12.4. The van der Waals surface area contributed by atoms with Gasteiger partial charge in [-0.15, -0.1) is 0 Å². The van der Waals surface area contributed by atoms with E-state index in [0.717, 1.165) is 21.7 Å². The zero-order valence-electron chi connectivity index (χ0n) is 11.6. The maximum Gasteiger partial charge on any atom is 0.0574 e. The van der Waals surface area contributed by atoms with Crippen molar-refractivity contribution in [3.05, 3.63) is 58.7 Å². The first-order chi connectivity index (χ1) is 8.95. The Morgan fingerprint density at radius 2 is 1.63 bits per heavy atom. The molecule has 0 amide bonds. The molecule has 19 heavy (non-hydrogen) atoms. The number of hydrogen-bond acceptors (Lipinski definition) is 2. The first kappa shape index (κ1) is 13.8. The summed E-state index contributed by atoms with van der Waals surface area (Å²) in [7, 11) is -1.03. The normalized spacial score (nSPS) is 12.4. The largest absolute Gasteiger partial charge is 0.399 e. The number of benzene rings is 2. The van der Waals surface area contributed by atoms with Crippen LogP contribution < -0.4 is 5.73 Å². The van der Waals surface area contributed by atoms with Crippen LogP contribution in [0.15, 0.2) is 41.3 Å². The summed E-state index contributed by atoms with van der Waals surface area (Å²) in [5, 5.41) is 0. The molecule has 0 aliphatic rings. The van der Waals surface area contributed by atoms with Crippen molar-refractivity contribution in [3.8, 4) is 0 Å². The summed E-state index contributed by atoms with van der Waals surface area (Å²) in [6.45, 7) is 6.06. The second kappa shape index (κ2) is 5.57. The lowest BCUT2D eigenvalue weighted by Crippen LogP contribution is -1.99. The number of nitrogens with two attached hydrogens (primary N) is 1. The fourth-order valence-electron chi connectivity index (χ4n) is 2.18. The van der Waals surface area contributed by atoms with Crippen LogP contribution in [0.3, 0.4) is 0 Å². The summed E-state index contributed by atoms with van der Waals surface area (Å²) >= 11 is 0. The van der Waals surface area contributed by atoms with Crippen molar-refractivity contribution < 1.29 is 4.21 Å². The molecule has 2 aromatic rings. The first-order valence-corrected chi connectivity index (χ1v) is 7.59. The first-order valence-electron chi connectivity index (χ1n) is 6.27. The average Bonchev–Trinajstić information content (AvgIpc) is 2.31. The van der Waals surface area contributed by atoms with Crippen molar-refractivity contribution in [2.45, 2.75) is 31.4 Å². The molecule has 0 bridgehead atoms. The number of hydrogen-bond donors (Lipinski definition) is 1. The van der Waals surface area contributed by atoms with Crippen LogP contribution in [-0.4, -0.2) is 4.21 Å². The fraction of sp³-hybridized carbons (Fsp3) is 0.250. The van der Waals surface area contributed by atoms with E-state index < -0.39 is 10.8 Å². The molecule has 0 fully saturated rings. The van der Waals surface area contributed by atoms with Crippen molar-refractivity contribution >= 4 is 16.5 Å². The van der Waals surface area contributed by atoms with E-state index >= 15 is 0 Å². The van der Waals surface area contributed by atoms with Gasteiger partial charge < -0.3 is 5.73 Å². The van der Waals surface area contributed by atoms with E-state index in [9.17, 15) is 4.21 Å². The van der Waals surface area contributed by atoms with Crippen molar-refractivity contribution in [1.82, 2.24) is 0 Å². The minimum absolute atomic E-state index is 0.547. The van der Waals surface area contributed by atoms with Gasteiger partial charge in [-0.3, -0.25) is 4.21 Å². The lowest BCUT2D eigenvalue weighted by Gasteiger charge is -2.07. The lowest BCUT2D eigenvalue weighted by molar-refractivity contribution is 0.682. The Labute approximate surface area is 117 Å². The highest BCUT2D eigenvalue weighted by molar-refractivity contribution is 7.84. The average molecular weight is 273 g/mol. The Kier molecular flexibility index (Phi) is 4.05. The summed E-state index contributed by atoms with van der Waals surface area (Å²) < 4.78 is 12.4. The molecule has 2 aromatic carbocycles. The standard InChI is InChI=1S/C16H19NOS/c1-11-6-12(2)8-14(7-11)10-19(18)15-4-5-16(17)13(3)9-15/h4-9H,10,17H2,1-3H3. The molecule has 0 aromatic heterocycles. The van der Waals surface area contributed by atoms with E-state index in [1.165, 1.54) is 11.1 Å². The van der Waals surface area contributed by atoms with Gasteiger partial charge in [-0.1, -0.05) is 29.3 Å². The van der Waals surface area contributed by atoms with Crippen molar-refractivity contribution in [2.75, 3.05) is 5.73 Å². The zero-order chi connectivity index (χ0) is 14.0. The van der Waals surface area contributed by atoms with Gasteiger partial charge in [-0.05, 0) is 50.1 Å². The molecule has 0 saturated carbocycles. The Hall–Kier alpha value is -1.61. The number of anilines is 1. The van der Waals surface area contributed by atoms with Crippen LogP contribution in [-0.2, 0) is 16.6 Å². The van der Waals surface area contributed by atoms with E-state index in [2.05, 4.69) is 32.0 Å². The Balaban J connectivity index is 2.22. The van der Waals surface area contributed by atoms with Gasteiger partial charge in [0.1, 0.15) is 0 Å². The third kappa shape index (κ3) is 3.44. The quantitative estimate of drug-likeness (QED) is 0.870. The van der Waals surface area contributed by atoms with Crippen LogP contribution >= 0.6 is 0 Å². The van der Waals surface area contributed by atoms with Crippen LogP contribution in [0.2, 0.25) is 0 Å². The molecule has 0 saturated heterocycles. The van der Waals surface area contributed by atoms with E-state index in [1.54, 1.807) is 0 Å². The van der Waals surface area contributed by atoms with Crippen LogP contribution in [0.4, 0.5) is 5.69 Å². The van der Waals surface area contributed by atoms with E-state index in [4.69, 9.17) is 5.73 Å². The van der Waals surface area contributed by atoms with Gasteiger partial charge in [0.05, 0.1) is 16.6 Å². The van der Waals surface area contributed by atoms with Crippen LogP contribution in [0, 0.1) is 20.8 Å². The molecule has 1 atom stereocenters. The van der Waals surface area contributed by atoms with Crippen molar-refractivity contribution in [2.24, 2.45) is 0 Å². The predicted molar refractivity (Wildman–Crippen MR) is 81.6 cm³/mol. The Bertz CT molecular complexity index is 614. The van der Waals surface area contributed by atoms with Crippen LogP contribution in [0.1, 0.15) is 22.3 Å².